The summed E-state index contributed by atoms with van der Waals surface area (Å²) >= 11 is 0. The van der Waals surface area contributed by atoms with Crippen LogP contribution < -0.4 is 5.73 Å². The van der Waals surface area contributed by atoms with E-state index in [4.69, 9.17) is 15.6 Å². The summed E-state index contributed by atoms with van der Waals surface area (Å²) < 4.78 is 5.33. The van der Waals surface area contributed by atoms with Crippen molar-refractivity contribution in [1.29, 1.82) is 0 Å². The Balaban J connectivity index is 2.00. The van der Waals surface area contributed by atoms with E-state index < -0.39 is 31.0 Å². The molecule has 3 heterocycles. The Kier molecular flexibility index (Phi) is 2.82. The molecule has 1 aliphatic heterocycles. The van der Waals surface area contributed by atoms with Crippen molar-refractivity contribution < 1.29 is 20.1 Å². The Morgan fingerprint density at radius 2 is 2.11 bits per heavy atom. The summed E-state index contributed by atoms with van der Waals surface area (Å²) in [6, 6.07) is 0. The molecule has 0 radical (unpaired) electrons. The molecule has 0 bridgehead atoms. The number of hydrogen-bond donors (Lipinski definition) is 5. The second-order valence-corrected chi connectivity index (χ2v) is 4.33. The fourth-order valence-corrected chi connectivity index (χ4v) is 2.11. The predicted octanol–water partition coefficient (Wildman–Crippen LogP) is -1.91. The highest BCUT2D eigenvalue weighted by molar-refractivity contribution is 5.80. The van der Waals surface area contributed by atoms with E-state index in [-0.39, 0.29) is 11.6 Å². The number of nitrogen functional groups attached to an aromatic ring is 1. The lowest BCUT2D eigenvalue weighted by Gasteiger charge is -2.13. The smallest absolute Gasteiger partial charge is 0.183 e. The molecule has 1 aliphatic rings. The van der Waals surface area contributed by atoms with Crippen LogP contribution in [0.1, 0.15) is 11.9 Å². The van der Waals surface area contributed by atoms with Crippen LogP contribution in [-0.2, 0) is 4.74 Å². The minimum absolute atomic E-state index is 0.125. The molecule has 0 aromatic carbocycles. The second-order valence-electron chi connectivity index (χ2n) is 4.33. The molecule has 0 aliphatic carbocycles. The molecule has 0 spiro atoms. The summed E-state index contributed by atoms with van der Waals surface area (Å²) in [5, 5.41) is 28.6. The van der Waals surface area contributed by atoms with Gasteiger partial charge in [-0.25, -0.2) is 15.0 Å². The van der Waals surface area contributed by atoms with Crippen molar-refractivity contribution in [2.24, 2.45) is 0 Å². The zero-order valence-corrected chi connectivity index (χ0v) is 9.76. The number of aromatic nitrogens is 4. The first-order valence-corrected chi connectivity index (χ1v) is 5.70. The summed E-state index contributed by atoms with van der Waals surface area (Å²) in [5.74, 6) is 0.301. The number of nitrogens with one attached hydrogen (secondary N) is 1. The van der Waals surface area contributed by atoms with Gasteiger partial charge >= 0.3 is 0 Å². The summed E-state index contributed by atoms with van der Waals surface area (Å²) in [4.78, 5) is 14.9. The summed E-state index contributed by atoms with van der Waals surface area (Å²) in [6.45, 7) is -0.408. The maximum Gasteiger partial charge on any atom is 0.183 e. The average Bonchev–Trinajstić information content (AvgIpc) is 2.96. The van der Waals surface area contributed by atoms with Crippen molar-refractivity contribution in [1.82, 2.24) is 19.9 Å². The third-order valence-electron chi connectivity index (χ3n) is 3.13. The van der Waals surface area contributed by atoms with Crippen LogP contribution in [0.25, 0.3) is 11.2 Å². The van der Waals surface area contributed by atoms with Crippen LogP contribution >= 0.6 is 0 Å². The summed E-state index contributed by atoms with van der Waals surface area (Å²) in [5.41, 5.74) is 6.59. The van der Waals surface area contributed by atoms with Gasteiger partial charge in [0.15, 0.2) is 17.3 Å². The lowest BCUT2D eigenvalue weighted by atomic mass is 10.1. The molecule has 3 rings (SSSR count). The van der Waals surface area contributed by atoms with Crippen LogP contribution in [0.15, 0.2) is 6.33 Å². The molecule has 1 saturated heterocycles. The minimum Gasteiger partial charge on any atom is -0.394 e. The lowest BCUT2D eigenvalue weighted by Crippen LogP contribution is -2.32. The van der Waals surface area contributed by atoms with Crippen LogP contribution in [-0.4, -0.2) is 60.2 Å². The first-order chi connectivity index (χ1) is 9.11. The van der Waals surface area contributed by atoms with Crippen LogP contribution in [0, 0.1) is 0 Å². The first kappa shape index (κ1) is 12.2. The minimum atomic E-state index is -1.23. The van der Waals surface area contributed by atoms with Gasteiger partial charge in [0.25, 0.3) is 0 Å². The van der Waals surface area contributed by atoms with E-state index in [2.05, 4.69) is 19.9 Å². The van der Waals surface area contributed by atoms with Crippen LogP contribution in [0.3, 0.4) is 0 Å². The summed E-state index contributed by atoms with van der Waals surface area (Å²) in [6.07, 6.45) is -2.82. The van der Waals surface area contributed by atoms with E-state index in [9.17, 15) is 10.2 Å². The molecule has 102 valence electrons. The number of anilines is 1. The standard InChI is InChI=1S/C10H13N5O4/c11-8-4-9(13-2-12-4)15-10(14-8)7-6(18)5(17)3(1-16)19-7/h2-3,5-7,16-18H,1H2,(H3,11,12,13,14,15)/t3-,5+,6-,7?/m1/s1. The molecule has 0 amide bonds. The molecule has 0 saturated carbocycles. The number of nitrogens with zero attached hydrogens (tertiary/aromatic N) is 3. The number of rotatable bonds is 2. The van der Waals surface area contributed by atoms with E-state index in [0.717, 1.165) is 0 Å². The highest BCUT2D eigenvalue weighted by Gasteiger charge is 2.44. The van der Waals surface area contributed by atoms with Crippen molar-refractivity contribution in [2.45, 2.75) is 24.4 Å². The normalized spacial score (nSPS) is 31.1. The van der Waals surface area contributed by atoms with Crippen LogP contribution in [0.5, 0.6) is 0 Å². The van der Waals surface area contributed by atoms with E-state index in [1.165, 1.54) is 6.33 Å². The zero-order valence-electron chi connectivity index (χ0n) is 9.76. The van der Waals surface area contributed by atoms with Gasteiger partial charge in [0.05, 0.1) is 12.9 Å². The first-order valence-electron chi connectivity index (χ1n) is 5.70. The number of nitrogens with two attached hydrogens (primary N) is 1. The molecule has 9 nitrogen and oxygen atoms in total. The van der Waals surface area contributed by atoms with Crippen LogP contribution in [0.4, 0.5) is 5.82 Å². The fourth-order valence-electron chi connectivity index (χ4n) is 2.11. The molecule has 9 heteroatoms. The maximum atomic E-state index is 9.89. The molecular formula is C10H13N5O4. The number of hydrogen-bond acceptors (Lipinski definition) is 8. The molecule has 2 aromatic heterocycles. The van der Waals surface area contributed by atoms with Crippen molar-refractivity contribution in [2.75, 3.05) is 12.3 Å². The molecule has 4 atom stereocenters. The Morgan fingerprint density at radius 3 is 2.79 bits per heavy atom. The van der Waals surface area contributed by atoms with E-state index in [0.29, 0.717) is 11.2 Å². The average molecular weight is 267 g/mol. The van der Waals surface area contributed by atoms with Crippen molar-refractivity contribution in [3.05, 3.63) is 12.2 Å². The maximum absolute atomic E-state index is 9.89. The molecule has 6 N–H and O–H groups in total. The SMILES string of the molecule is Nc1nc(C2O[C@H](CO)[C@H](O)[C@H]2O)nc2nc[nH]c12. The van der Waals surface area contributed by atoms with Gasteiger partial charge in [-0.15, -0.1) is 0 Å². The largest absolute Gasteiger partial charge is 0.394 e. The van der Waals surface area contributed by atoms with Gasteiger partial charge in [-0.2, -0.15) is 0 Å². The van der Waals surface area contributed by atoms with Gasteiger partial charge in [0.2, 0.25) is 0 Å². The highest BCUT2D eigenvalue weighted by atomic mass is 16.6. The highest BCUT2D eigenvalue weighted by Crippen LogP contribution is 2.32. The molecule has 2 aromatic rings. The zero-order chi connectivity index (χ0) is 13.6. The number of imidazole rings is 1. The van der Waals surface area contributed by atoms with E-state index >= 15 is 0 Å². The number of H-pyrrole nitrogens is 1. The Morgan fingerprint density at radius 1 is 1.32 bits per heavy atom. The Hall–Kier alpha value is -1.81. The van der Waals surface area contributed by atoms with Crippen molar-refractivity contribution in [3.63, 3.8) is 0 Å². The Bertz CT molecular complexity index is 603. The van der Waals surface area contributed by atoms with Gasteiger partial charge in [-0.3, -0.25) is 0 Å². The van der Waals surface area contributed by atoms with E-state index in [1.54, 1.807) is 0 Å². The lowest BCUT2D eigenvalue weighted by molar-refractivity contribution is -0.0251. The molecule has 1 fully saturated rings. The topological polar surface area (TPSA) is 150 Å². The number of ether oxygens (including phenoxy) is 1. The number of aromatic amines is 1. The molecule has 1 unspecified atom stereocenters. The molecular weight excluding hydrogens is 254 g/mol. The van der Waals surface area contributed by atoms with Crippen molar-refractivity contribution in [3.8, 4) is 0 Å². The van der Waals surface area contributed by atoms with Gasteiger partial charge < -0.3 is 30.8 Å². The quantitative estimate of drug-likeness (QED) is 0.423. The number of fused-ring (bicyclic) bond motifs is 1. The van der Waals surface area contributed by atoms with Gasteiger partial charge in [0.1, 0.15) is 29.9 Å². The fraction of sp³-hybridized carbons (Fsp3) is 0.500. The third kappa shape index (κ3) is 1.83. The van der Waals surface area contributed by atoms with Gasteiger partial charge in [-0.05, 0) is 0 Å². The van der Waals surface area contributed by atoms with Gasteiger partial charge in [0, 0.05) is 0 Å². The predicted molar refractivity (Wildman–Crippen MR) is 62.8 cm³/mol. The van der Waals surface area contributed by atoms with Crippen molar-refractivity contribution >= 4 is 17.0 Å². The number of aliphatic hydroxyl groups is 3. The summed E-state index contributed by atoms with van der Waals surface area (Å²) in [7, 11) is 0. The molecule has 19 heavy (non-hydrogen) atoms. The second kappa shape index (κ2) is 4.38. The van der Waals surface area contributed by atoms with Crippen LogP contribution in [0.2, 0.25) is 0 Å². The monoisotopic (exact) mass is 267 g/mol. The third-order valence-corrected chi connectivity index (χ3v) is 3.13. The Labute approximate surface area is 107 Å². The van der Waals surface area contributed by atoms with E-state index in [1.807, 2.05) is 0 Å². The van der Waals surface area contributed by atoms with Gasteiger partial charge in [-0.1, -0.05) is 0 Å². The number of aliphatic hydroxyl groups excluding tert-OH is 3.